The Kier molecular flexibility index (Phi) is 5.64. The molecule has 8 aromatic carbocycles. The molecule has 9 rings (SSSR count). The molecule has 1 aliphatic carbocycles. The van der Waals surface area contributed by atoms with Crippen LogP contribution in [0, 0.1) is 0 Å². The van der Waals surface area contributed by atoms with Gasteiger partial charge in [-0.2, -0.15) is 0 Å². The van der Waals surface area contributed by atoms with Crippen LogP contribution in [0.1, 0.15) is 25.0 Å². The summed E-state index contributed by atoms with van der Waals surface area (Å²) >= 11 is 0. The first kappa shape index (κ1) is 26.0. The van der Waals surface area contributed by atoms with E-state index in [1.54, 1.807) is 0 Å². The lowest BCUT2D eigenvalue weighted by Gasteiger charge is -2.27. The quantitative estimate of drug-likeness (QED) is 0.185. The van der Waals surface area contributed by atoms with Crippen LogP contribution in [0.3, 0.4) is 0 Å². The predicted octanol–water partition coefficient (Wildman–Crippen LogP) is 12.5. The van der Waals surface area contributed by atoms with Crippen LogP contribution in [0.2, 0.25) is 0 Å². The molecule has 0 unspecified atom stereocenters. The van der Waals surface area contributed by atoms with Gasteiger partial charge in [0.2, 0.25) is 0 Å². The second kappa shape index (κ2) is 9.78. The number of rotatable bonds is 3. The summed E-state index contributed by atoms with van der Waals surface area (Å²) in [6.07, 6.45) is 0. The van der Waals surface area contributed by atoms with Crippen LogP contribution in [-0.2, 0) is 5.41 Å². The van der Waals surface area contributed by atoms with Gasteiger partial charge in [-0.15, -0.1) is 0 Å². The first-order valence-corrected chi connectivity index (χ1v) is 15.9. The smallest absolute Gasteiger partial charge is 0.0165 e. The summed E-state index contributed by atoms with van der Waals surface area (Å²) in [6, 6.07) is 58.3. The first-order valence-electron chi connectivity index (χ1n) is 15.9. The third-order valence-corrected chi connectivity index (χ3v) is 10.0. The van der Waals surface area contributed by atoms with Crippen molar-refractivity contribution in [3.05, 3.63) is 169 Å². The fourth-order valence-corrected chi connectivity index (χ4v) is 7.95. The van der Waals surface area contributed by atoms with Crippen LogP contribution in [-0.4, -0.2) is 0 Å². The van der Waals surface area contributed by atoms with E-state index in [2.05, 4.69) is 172 Å². The minimum Gasteiger partial charge on any atom is -0.0622 e. The Balaban J connectivity index is 1.37. The van der Waals surface area contributed by atoms with Crippen molar-refractivity contribution < 1.29 is 0 Å². The lowest BCUT2D eigenvalue weighted by atomic mass is 9.76. The van der Waals surface area contributed by atoms with Crippen LogP contribution < -0.4 is 0 Å². The zero-order valence-electron chi connectivity index (χ0n) is 25.5. The van der Waals surface area contributed by atoms with Crippen molar-refractivity contribution >= 4 is 32.3 Å². The van der Waals surface area contributed by atoms with Gasteiger partial charge in [0.25, 0.3) is 0 Å². The molecule has 0 atom stereocenters. The van der Waals surface area contributed by atoms with Gasteiger partial charge in [-0.1, -0.05) is 166 Å². The van der Waals surface area contributed by atoms with Crippen molar-refractivity contribution in [3.8, 4) is 44.5 Å². The highest BCUT2D eigenvalue weighted by Gasteiger charge is 2.38. The van der Waals surface area contributed by atoms with E-state index in [9.17, 15) is 0 Å². The first-order chi connectivity index (χ1) is 22.1. The minimum atomic E-state index is -0.137. The molecule has 0 saturated carbocycles. The molecule has 0 amide bonds. The summed E-state index contributed by atoms with van der Waals surface area (Å²) in [5.74, 6) is 0. The monoisotopic (exact) mass is 572 g/mol. The Bertz CT molecular complexity index is 2430. The molecule has 0 heterocycles. The molecule has 0 aromatic heterocycles. The second-order valence-corrected chi connectivity index (χ2v) is 12.9. The van der Waals surface area contributed by atoms with Gasteiger partial charge in [-0.05, 0) is 94.0 Å². The largest absolute Gasteiger partial charge is 0.0622 e. The molecular weight excluding hydrogens is 540 g/mol. The molecule has 0 nitrogen and oxygen atoms in total. The summed E-state index contributed by atoms with van der Waals surface area (Å²) in [5, 5.41) is 7.80. The van der Waals surface area contributed by atoms with E-state index in [0.29, 0.717) is 0 Å². The lowest BCUT2D eigenvalue weighted by molar-refractivity contribution is 0.666. The third-order valence-electron chi connectivity index (χ3n) is 10.0. The molecule has 45 heavy (non-hydrogen) atoms. The van der Waals surface area contributed by atoms with Gasteiger partial charge in [0.05, 0.1) is 0 Å². The van der Waals surface area contributed by atoms with Gasteiger partial charge >= 0.3 is 0 Å². The van der Waals surface area contributed by atoms with E-state index in [-0.39, 0.29) is 5.41 Å². The van der Waals surface area contributed by atoms with Crippen LogP contribution in [0.25, 0.3) is 76.8 Å². The van der Waals surface area contributed by atoms with Gasteiger partial charge in [-0.3, -0.25) is 0 Å². The molecule has 0 spiro atoms. The van der Waals surface area contributed by atoms with Crippen LogP contribution in [0.4, 0.5) is 0 Å². The Hall–Kier alpha value is -5.46. The molecule has 1 aliphatic rings. The standard InChI is InChI=1S/C45H32/c1-45(2)40-19-11-10-16-35(40)38-26-27-39-41(31-13-4-3-5-14-31)36-17-8-9-18-37(36)42(43(39)44(38)45)32-23-20-30(21-24-32)34-25-22-29-12-6-7-15-33(29)28-34/h3-28H,1-2H3. The Morgan fingerprint density at radius 1 is 0.378 bits per heavy atom. The number of benzene rings is 8. The molecule has 212 valence electrons. The van der Waals surface area contributed by atoms with E-state index in [4.69, 9.17) is 0 Å². The zero-order valence-corrected chi connectivity index (χ0v) is 25.5. The van der Waals surface area contributed by atoms with Crippen molar-refractivity contribution in [2.45, 2.75) is 19.3 Å². The molecule has 0 radical (unpaired) electrons. The van der Waals surface area contributed by atoms with Gasteiger partial charge in [-0.25, -0.2) is 0 Å². The maximum atomic E-state index is 2.40. The Morgan fingerprint density at radius 3 is 1.78 bits per heavy atom. The zero-order chi connectivity index (χ0) is 30.1. The molecule has 0 aliphatic heterocycles. The highest BCUT2D eigenvalue weighted by atomic mass is 14.4. The van der Waals surface area contributed by atoms with E-state index in [1.165, 1.54) is 88.0 Å². The summed E-state index contributed by atoms with van der Waals surface area (Å²) in [5.41, 5.74) is 13.0. The minimum absolute atomic E-state index is 0.137. The maximum Gasteiger partial charge on any atom is 0.0165 e. The molecule has 0 heteroatoms. The van der Waals surface area contributed by atoms with Gasteiger partial charge < -0.3 is 0 Å². The average molecular weight is 573 g/mol. The summed E-state index contributed by atoms with van der Waals surface area (Å²) < 4.78 is 0. The molecule has 0 fully saturated rings. The third kappa shape index (κ3) is 3.85. The molecule has 8 aromatic rings. The number of hydrogen-bond acceptors (Lipinski definition) is 0. The van der Waals surface area contributed by atoms with Crippen LogP contribution in [0.15, 0.2) is 158 Å². The average Bonchev–Trinajstić information content (AvgIpc) is 3.33. The lowest BCUT2D eigenvalue weighted by Crippen LogP contribution is -2.16. The maximum absolute atomic E-state index is 2.40. The fourth-order valence-electron chi connectivity index (χ4n) is 7.95. The van der Waals surface area contributed by atoms with E-state index in [1.807, 2.05) is 0 Å². The van der Waals surface area contributed by atoms with Gasteiger partial charge in [0.1, 0.15) is 0 Å². The summed E-state index contributed by atoms with van der Waals surface area (Å²) in [6.45, 7) is 4.81. The van der Waals surface area contributed by atoms with Crippen molar-refractivity contribution in [2.75, 3.05) is 0 Å². The van der Waals surface area contributed by atoms with Crippen molar-refractivity contribution in [1.29, 1.82) is 0 Å². The van der Waals surface area contributed by atoms with Gasteiger partial charge in [0.15, 0.2) is 0 Å². The highest BCUT2D eigenvalue weighted by molar-refractivity contribution is 6.23. The van der Waals surface area contributed by atoms with Crippen molar-refractivity contribution in [2.24, 2.45) is 0 Å². The number of fused-ring (bicyclic) bond motifs is 7. The summed E-state index contributed by atoms with van der Waals surface area (Å²) in [4.78, 5) is 0. The van der Waals surface area contributed by atoms with E-state index in [0.717, 1.165) is 0 Å². The van der Waals surface area contributed by atoms with Gasteiger partial charge in [0, 0.05) is 5.41 Å². The van der Waals surface area contributed by atoms with Crippen LogP contribution >= 0.6 is 0 Å². The summed E-state index contributed by atoms with van der Waals surface area (Å²) in [7, 11) is 0. The Morgan fingerprint density at radius 2 is 0.978 bits per heavy atom. The topological polar surface area (TPSA) is 0 Å². The van der Waals surface area contributed by atoms with Crippen LogP contribution in [0.5, 0.6) is 0 Å². The normalized spacial score (nSPS) is 13.3. The molecule has 0 N–H and O–H groups in total. The SMILES string of the molecule is CC1(C)c2ccccc2-c2ccc3c(-c4ccccc4)c4ccccc4c(-c4ccc(-c5ccc6ccccc6c5)cc4)c3c21. The second-order valence-electron chi connectivity index (χ2n) is 12.9. The number of hydrogen-bond donors (Lipinski definition) is 0. The predicted molar refractivity (Wildman–Crippen MR) is 193 cm³/mol. The molecular formula is C45H32. The Labute approximate surface area is 264 Å². The fraction of sp³-hybridized carbons (Fsp3) is 0.0667. The van der Waals surface area contributed by atoms with E-state index < -0.39 is 0 Å². The van der Waals surface area contributed by atoms with E-state index >= 15 is 0 Å². The van der Waals surface area contributed by atoms with Crippen molar-refractivity contribution in [3.63, 3.8) is 0 Å². The molecule has 0 bridgehead atoms. The highest BCUT2D eigenvalue weighted by Crippen LogP contribution is 2.55. The van der Waals surface area contributed by atoms with Crippen molar-refractivity contribution in [1.82, 2.24) is 0 Å². The molecule has 0 saturated heterocycles.